The number of carbonyl (C=O) groups is 1. The molecule has 1 N–H and O–H groups in total. The fraction of sp³-hybridized carbons (Fsp3) is 0.111. The number of nitrogens with one attached hydrogen (secondary N) is 1. The molecule has 0 radical (unpaired) electrons. The number of hydrogen-bond donors (Lipinski definition) is 1. The van der Waals surface area contributed by atoms with E-state index in [0.717, 1.165) is 10.2 Å². The maximum absolute atomic E-state index is 12.3. The Morgan fingerprint density at radius 1 is 1.23 bits per heavy atom. The molecule has 8 heteroatoms. The summed E-state index contributed by atoms with van der Waals surface area (Å²) in [7, 11) is 0. The average Bonchev–Trinajstić information content (AvgIpc) is 3.02. The normalized spacial score (nSPS) is 11.1. The lowest BCUT2D eigenvalue weighted by molar-refractivity contribution is -0.116. The molecule has 4 aromatic rings. The molecule has 0 saturated heterocycles. The average molecular weight is 385 g/mol. The zero-order valence-corrected chi connectivity index (χ0v) is 15.0. The lowest BCUT2D eigenvalue weighted by atomic mass is 10.2. The fourth-order valence-corrected chi connectivity index (χ4v) is 3.84. The first-order valence-electron chi connectivity index (χ1n) is 7.91. The van der Waals surface area contributed by atoms with E-state index in [1.165, 1.54) is 17.5 Å². The summed E-state index contributed by atoms with van der Waals surface area (Å²) in [6, 6.07) is 12.6. The highest BCUT2D eigenvalue weighted by Gasteiger charge is 2.10. The Labute approximate surface area is 157 Å². The van der Waals surface area contributed by atoms with Gasteiger partial charge in [-0.3, -0.25) is 14.3 Å². The van der Waals surface area contributed by atoms with E-state index >= 15 is 0 Å². The summed E-state index contributed by atoms with van der Waals surface area (Å²) in [5.74, 6) is -0.167. The Balaban J connectivity index is 1.48. The number of halogens is 1. The van der Waals surface area contributed by atoms with E-state index in [4.69, 9.17) is 11.6 Å². The van der Waals surface area contributed by atoms with Crippen molar-refractivity contribution in [2.24, 2.45) is 0 Å². The number of nitrogens with zero attached hydrogens (tertiary/aromatic N) is 3. The molecule has 0 unspecified atom stereocenters. The van der Waals surface area contributed by atoms with Crippen LogP contribution in [0.4, 0.5) is 5.13 Å². The highest BCUT2D eigenvalue weighted by molar-refractivity contribution is 7.22. The van der Waals surface area contributed by atoms with E-state index in [1.54, 1.807) is 22.9 Å². The number of anilines is 1. The smallest absolute Gasteiger partial charge is 0.228 e. The minimum Gasteiger partial charge on any atom is -0.302 e. The van der Waals surface area contributed by atoms with Crippen molar-refractivity contribution in [2.45, 2.75) is 13.0 Å². The van der Waals surface area contributed by atoms with Crippen molar-refractivity contribution in [2.75, 3.05) is 5.32 Å². The monoisotopic (exact) mass is 384 g/mol. The van der Waals surface area contributed by atoms with Crippen LogP contribution in [0.5, 0.6) is 0 Å². The van der Waals surface area contributed by atoms with Gasteiger partial charge in [-0.2, -0.15) is 5.10 Å². The van der Waals surface area contributed by atoms with Gasteiger partial charge in [-0.05, 0) is 30.3 Å². The van der Waals surface area contributed by atoms with Crippen molar-refractivity contribution >= 4 is 55.1 Å². The van der Waals surface area contributed by atoms with Crippen molar-refractivity contribution in [3.05, 3.63) is 63.9 Å². The summed E-state index contributed by atoms with van der Waals surface area (Å²) < 4.78 is 2.58. The molecule has 6 nitrogen and oxygen atoms in total. The van der Waals surface area contributed by atoms with Crippen LogP contribution in [0.25, 0.3) is 21.1 Å². The molecule has 130 valence electrons. The van der Waals surface area contributed by atoms with Gasteiger partial charge in [0.2, 0.25) is 11.3 Å². The molecule has 0 aliphatic heterocycles. The minimum absolute atomic E-state index is 0.130. The molecule has 0 saturated carbocycles. The SMILES string of the molecule is O=C(CCn1ncc(=O)c2ccccc21)Nc1nc2ccc(Cl)cc2s1. The first-order chi connectivity index (χ1) is 12.6. The number of rotatable bonds is 4. The molecule has 0 aliphatic carbocycles. The van der Waals surface area contributed by atoms with Crippen LogP contribution in [0, 0.1) is 0 Å². The highest BCUT2D eigenvalue weighted by Crippen LogP contribution is 2.28. The van der Waals surface area contributed by atoms with E-state index in [-0.39, 0.29) is 17.8 Å². The summed E-state index contributed by atoms with van der Waals surface area (Å²) in [5, 5.41) is 8.69. The van der Waals surface area contributed by atoms with Crippen LogP contribution < -0.4 is 10.7 Å². The largest absolute Gasteiger partial charge is 0.302 e. The number of carbonyl (C=O) groups excluding carboxylic acids is 1. The third-order valence-electron chi connectivity index (χ3n) is 3.91. The Morgan fingerprint density at radius 2 is 2.08 bits per heavy atom. The zero-order chi connectivity index (χ0) is 18.1. The third kappa shape index (κ3) is 3.31. The van der Waals surface area contributed by atoms with E-state index in [1.807, 2.05) is 24.3 Å². The van der Waals surface area contributed by atoms with Gasteiger partial charge in [0.25, 0.3) is 0 Å². The summed E-state index contributed by atoms with van der Waals surface area (Å²) in [5.41, 5.74) is 1.37. The topological polar surface area (TPSA) is 76.9 Å². The fourth-order valence-electron chi connectivity index (χ4n) is 2.68. The van der Waals surface area contributed by atoms with Gasteiger partial charge >= 0.3 is 0 Å². The second kappa shape index (κ2) is 6.86. The van der Waals surface area contributed by atoms with Gasteiger partial charge in [0, 0.05) is 16.8 Å². The quantitative estimate of drug-likeness (QED) is 0.582. The summed E-state index contributed by atoms with van der Waals surface area (Å²) >= 11 is 7.34. The molecule has 2 aromatic carbocycles. The maximum Gasteiger partial charge on any atom is 0.228 e. The van der Waals surface area contributed by atoms with Crippen molar-refractivity contribution in [3.8, 4) is 0 Å². The summed E-state index contributed by atoms with van der Waals surface area (Å²) in [4.78, 5) is 28.5. The Morgan fingerprint density at radius 3 is 2.96 bits per heavy atom. The molecule has 2 heterocycles. The minimum atomic E-state index is -0.167. The molecule has 2 aromatic heterocycles. The third-order valence-corrected chi connectivity index (χ3v) is 5.08. The van der Waals surface area contributed by atoms with Crippen molar-refractivity contribution in [1.82, 2.24) is 14.8 Å². The lowest BCUT2D eigenvalue weighted by Crippen LogP contribution is -2.17. The number of aryl methyl sites for hydroxylation is 1. The molecule has 26 heavy (non-hydrogen) atoms. The standard InChI is InChI=1S/C18H13ClN4O2S/c19-11-5-6-13-16(9-11)26-18(21-13)22-17(25)7-8-23-14-4-2-1-3-12(14)15(24)10-20-23/h1-6,9-10H,7-8H2,(H,21,22,25). The molecule has 0 aliphatic rings. The predicted octanol–water partition coefficient (Wildman–Crippen LogP) is 3.69. The van der Waals surface area contributed by atoms with E-state index in [0.29, 0.717) is 27.6 Å². The molecular formula is C18H13ClN4O2S. The van der Waals surface area contributed by atoms with Gasteiger partial charge in [-0.1, -0.05) is 35.1 Å². The summed E-state index contributed by atoms with van der Waals surface area (Å²) in [6.45, 7) is 0.364. The number of amides is 1. The molecular weight excluding hydrogens is 372 g/mol. The number of benzene rings is 2. The Kier molecular flexibility index (Phi) is 4.40. The predicted molar refractivity (Wildman–Crippen MR) is 104 cm³/mol. The van der Waals surface area contributed by atoms with Crippen LogP contribution in [0.1, 0.15) is 6.42 Å². The molecule has 0 atom stereocenters. The van der Waals surface area contributed by atoms with Crippen LogP contribution in [0.2, 0.25) is 5.02 Å². The molecule has 0 bridgehead atoms. The number of hydrogen-bond acceptors (Lipinski definition) is 5. The van der Waals surface area contributed by atoms with Crippen LogP contribution in [-0.4, -0.2) is 20.7 Å². The number of thiazole rings is 1. The highest BCUT2D eigenvalue weighted by atomic mass is 35.5. The Hall–Kier alpha value is -2.77. The molecule has 4 rings (SSSR count). The van der Waals surface area contributed by atoms with Crippen LogP contribution >= 0.6 is 22.9 Å². The molecule has 0 fully saturated rings. The van der Waals surface area contributed by atoms with Gasteiger partial charge in [-0.25, -0.2) is 4.98 Å². The van der Waals surface area contributed by atoms with Gasteiger partial charge < -0.3 is 5.32 Å². The van der Waals surface area contributed by atoms with Gasteiger partial charge in [0.15, 0.2) is 5.13 Å². The first-order valence-corrected chi connectivity index (χ1v) is 9.10. The maximum atomic E-state index is 12.3. The molecule has 1 amide bonds. The Bertz CT molecular complexity index is 1180. The van der Waals surface area contributed by atoms with Crippen molar-refractivity contribution in [1.29, 1.82) is 0 Å². The van der Waals surface area contributed by atoms with E-state index < -0.39 is 0 Å². The van der Waals surface area contributed by atoms with Gasteiger partial charge in [0.1, 0.15) is 0 Å². The van der Waals surface area contributed by atoms with Crippen molar-refractivity contribution in [3.63, 3.8) is 0 Å². The van der Waals surface area contributed by atoms with Crippen molar-refractivity contribution < 1.29 is 4.79 Å². The second-order valence-electron chi connectivity index (χ2n) is 5.68. The zero-order valence-electron chi connectivity index (χ0n) is 13.5. The van der Waals surface area contributed by atoms with Gasteiger partial charge in [-0.15, -0.1) is 0 Å². The van der Waals surface area contributed by atoms with Crippen LogP contribution in [-0.2, 0) is 11.3 Å². The van der Waals surface area contributed by atoms with Gasteiger partial charge in [0.05, 0.1) is 28.5 Å². The lowest BCUT2D eigenvalue weighted by Gasteiger charge is -2.08. The van der Waals surface area contributed by atoms with E-state index in [9.17, 15) is 9.59 Å². The molecule has 0 spiro atoms. The van der Waals surface area contributed by atoms with Crippen LogP contribution in [0.15, 0.2) is 53.5 Å². The second-order valence-corrected chi connectivity index (χ2v) is 7.15. The summed E-state index contributed by atoms with van der Waals surface area (Å²) in [6.07, 6.45) is 1.49. The first kappa shape index (κ1) is 16.7. The van der Waals surface area contributed by atoms with E-state index in [2.05, 4.69) is 15.4 Å². The number of para-hydroxylation sites is 1. The number of fused-ring (bicyclic) bond motifs is 2. The number of aromatic nitrogens is 3. The van der Waals surface area contributed by atoms with Crippen LogP contribution in [0.3, 0.4) is 0 Å².